The van der Waals surface area contributed by atoms with Crippen molar-refractivity contribution in [3.05, 3.63) is 24.2 Å². The highest BCUT2D eigenvalue weighted by Crippen LogP contribution is 2.24. The molecular weight excluding hydrogens is 467 g/mol. The molecule has 1 saturated carbocycles. The third-order valence-electron chi connectivity index (χ3n) is 5.77. The van der Waals surface area contributed by atoms with Crippen molar-refractivity contribution >= 4 is 35.8 Å². The molecule has 2 fully saturated rings. The summed E-state index contributed by atoms with van der Waals surface area (Å²) >= 11 is 0. The maximum atomic E-state index is 11.3. The Hall–Kier alpha value is -1.25. The number of furan rings is 1. The van der Waals surface area contributed by atoms with E-state index in [-0.39, 0.29) is 29.9 Å². The summed E-state index contributed by atoms with van der Waals surface area (Å²) in [4.78, 5) is 18.6. The summed E-state index contributed by atoms with van der Waals surface area (Å²) in [6.45, 7) is 3.56. The van der Waals surface area contributed by atoms with Gasteiger partial charge in [0.05, 0.1) is 6.26 Å². The van der Waals surface area contributed by atoms with Crippen molar-refractivity contribution in [2.45, 2.75) is 57.8 Å². The number of nitrogens with zero attached hydrogens (tertiary/aromatic N) is 2. The Morgan fingerprint density at radius 3 is 2.71 bits per heavy atom. The molecule has 3 rings (SSSR count). The highest BCUT2D eigenvalue weighted by Gasteiger charge is 2.24. The molecule has 1 aliphatic heterocycles. The van der Waals surface area contributed by atoms with Gasteiger partial charge in [-0.3, -0.25) is 9.79 Å². The van der Waals surface area contributed by atoms with Crippen molar-refractivity contribution in [1.29, 1.82) is 0 Å². The zero-order chi connectivity index (χ0) is 18.9. The van der Waals surface area contributed by atoms with E-state index in [0.29, 0.717) is 18.3 Å². The number of hydrogen-bond acceptors (Lipinski definition) is 3. The predicted molar refractivity (Wildman–Crippen MR) is 123 cm³/mol. The van der Waals surface area contributed by atoms with Crippen molar-refractivity contribution in [3.8, 4) is 0 Å². The molecule has 1 atom stereocenters. The second kappa shape index (κ2) is 12.3. The topological polar surface area (TPSA) is 83.9 Å². The molecule has 1 unspecified atom stereocenters. The van der Waals surface area contributed by atoms with E-state index in [2.05, 4.69) is 10.2 Å². The van der Waals surface area contributed by atoms with Gasteiger partial charge in [0.2, 0.25) is 5.91 Å². The minimum absolute atomic E-state index is 0. The lowest BCUT2D eigenvalue weighted by molar-refractivity contribution is -0.119. The van der Waals surface area contributed by atoms with Crippen molar-refractivity contribution in [2.75, 3.05) is 26.2 Å². The molecule has 0 bridgehead atoms. The molecule has 1 saturated heterocycles. The fourth-order valence-corrected chi connectivity index (χ4v) is 4.31. The number of guanidine groups is 1. The van der Waals surface area contributed by atoms with E-state index in [0.717, 1.165) is 57.2 Å². The summed E-state index contributed by atoms with van der Waals surface area (Å²) < 4.78 is 5.43. The molecule has 0 aromatic carbocycles. The van der Waals surface area contributed by atoms with Crippen LogP contribution in [0, 0.1) is 11.8 Å². The Labute approximate surface area is 185 Å². The Kier molecular flexibility index (Phi) is 10.2. The van der Waals surface area contributed by atoms with Gasteiger partial charge in [-0.2, -0.15) is 0 Å². The van der Waals surface area contributed by atoms with Gasteiger partial charge in [0.15, 0.2) is 5.96 Å². The largest absolute Gasteiger partial charge is 0.469 e. The third kappa shape index (κ3) is 7.64. The lowest BCUT2D eigenvalue weighted by atomic mass is 9.89. The minimum Gasteiger partial charge on any atom is -0.469 e. The molecule has 28 heavy (non-hydrogen) atoms. The lowest BCUT2D eigenvalue weighted by Crippen LogP contribution is -2.47. The van der Waals surface area contributed by atoms with Gasteiger partial charge in [-0.1, -0.05) is 19.3 Å². The lowest BCUT2D eigenvalue weighted by Gasteiger charge is -2.35. The summed E-state index contributed by atoms with van der Waals surface area (Å²) in [5, 5.41) is 3.54. The second-order valence-corrected chi connectivity index (χ2v) is 8.05. The van der Waals surface area contributed by atoms with Crippen molar-refractivity contribution in [3.63, 3.8) is 0 Å². The van der Waals surface area contributed by atoms with Crippen LogP contribution in [-0.2, 0) is 11.2 Å². The van der Waals surface area contributed by atoms with Crippen LogP contribution in [0.15, 0.2) is 27.8 Å². The first kappa shape index (κ1) is 23.0. The average molecular weight is 502 g/mol. The molecule has 1 aliphatic carbocycles. The zero-order valence-electron chi connectivity index (χ0n) is 16.8. The third-order valence-corrected chi connectivity index (χ3v) is 5.77. The zero-order valence-corrected chi connectivity index (χ0v) is 19.1. The van der Waals surface area contributed by atoms with Gasteiger partial charge in [-0.25, -0.2) is 0 Å². The standard InChI is InChI=1S/C21H34N4O2.HI/c22-20(26)14-18-8-4-12-25(16-18)21(23-11-10-19-9-5-13-27-19)24-15-17-6-2-1-3-7-17;/h5,9,13,17-18H,1-4,6-8,10-12,14-16H2,(H2,22,26)(H,23,24);1H. The molecule has 1 aromatic heterocycles. The molecule has 1 amide bonds. The summed E-state index contributed by atoms with van der Waals surface area (Å²) in [6, 6.07) is 3.93. The maximum Gasteiger partial charge on any atom is 0.217 e. The number of amides is 1. The first-order chi connectivity index (χ1) is 13.2. The first-order valence-electron chi connectivity index (χ1n) is 10.5. The summed E-state index contributed by atoms with van der Waals surface area (Å²) in [5.74, 6) is 2.82. The molecule has 2 heterocycles. The predicted octanol–water partition coefficient (Wildman–Crippen LogP) is 3.55. The fraction of sp³-hybridized carbons (Fsp3) is 0.714. The van der Waals surface area contributed by atoms with Gasteiger partial charge in [0.1, 0.15) is 5.76 Å². The molecule has 0 radical (unpaired) electrons. The molecule has 3 N–H and O–H groups in total. The Bertz CT molecular complexity index is 600. The normalized spacial score (nSPS) is 21.2. The van der Waals surface area contributed by atoms with Gasteiger partial charge >= 0.3 is 0 Å². The average Bonchev–Trinajstić information content (AvgIpc) is 3.18. The SMILES string of the molecule is I.NC(=O)CC1CCCN(C(=NCC2CCCCC2)NCCc2ccco2)C1. The number of nitrogens with two attached hydrogens (primary N) is 1. The van der Waals surface area contributed by atoms with Crippen molar-refractivity contribution < 1.29 is 9.21 Å². The van der Waals surface area contributed by atoms with Gasteiger partial charge in [-0.15, -0.1) is 24.0 Å². The van der Waals surface area contributed by atoms with Crippen molar-refractivity contribution in [2.24, 2.45) is 22.6 Å². The van der Waals surface area contributed by atoms with Crippen LogP contribution in [0.1, 0.15) is 57.1 Å². The molecule has 1 aromatic rings. The number of aliphatic imine (C=N–C) groups is 1. The van der Waals surface area contributed by atoms with Gasteiger partial charge in [0, 0.05) is 39.0 Å². The van der Waals surface area contributed by atoms with Crippen LogP contribution in [0.5, 0.6) is 0 Å². The van der Waals surface area contributed by atoms with Crippen LogP contribution in [0.4, 0.5) is 0 Å². The summed E-state index contributed by atoms with van der Waals surface area (Å²) in [5.41, 5.74) is 5.42. The highest BCUT2D eigenvalue weighted by molar-refractivity contribution is 14.0. The number of rotatable bonds is 7. The quantitative estimate of drug-likeness (QED) is 0.340. The van der Waals surface area contributed by atoms with Gasteiger partial charge in [0.25, 0.3) is 0 Å². The van der Waals surface area contributed by atoms with E-state index in [1.165, 1.54) is 32.1 Å². The van der Waals surface area contributed by atoms with Gasteiger partial charge < -0.3 is 20.4 Å². The highest BCUT2D eigenvalue weighted by atomic mass is 127. The number of nitrogens with one attached hydrogen (secondary N) is 1. The van der Waals surface area contributed by atoms with Crippen LogP contribution in [0.2, 0.25) is 0 Å². The van der Waals surface area contributed by atoms with Gasteiger partial charge in [-0.05, 0) is 49.7 Å². The van der Waals surface area contributed by atoms with Crippen LogP contribution >= 0.6 is 24.0 Å². The van der Waals surface area contributed by atoms with Crippen LogP contribution in [0.25, 0.3) is 0 Å². The second-order valence-electron chi connectivity index (χ2n) is 8.05. The number of piperidine rings is 1. The smallest absolute Gasteiger partial charge is 0.217 e. The number of primary amides is 1. The van der Waals surface area contributed by atoms with E-state index in [9.17, 15) is 4.79 Å². The Balaban J connectivity index is 0.00000280. The van der Waals surface area contributed by atoms with Crippen molar-refractivity contribution in [1.82, 2.24) is 10.2 Å². The van der Waals surface area contributed by atoms with E-state index < -0.39 is 0 Å². The molecule has 0 spiro atoms. The summed E-state index contributed by atoms with van der Waals surface area (Å²) in [6.07, 6.45) is 11.8. The van der Waals surface area contributed by atoms with Crippen LogP contribution < -0.4 is 11.1 Å². The maximum absolute atomic E-state index is 11.3. The minimum atomic E-state index is -0.201. The first-order valence-corrected chi connectivity index (χ1v) is 10.5. The Morgan fingerprint density at radius 1 is 1.21 bits per heavy atom. The molecular formula is C21H35IN4O2. The van der Waals surface area contributed by atoms with Crippen LogP contribution in [0.3, 0.4) is 0 Å². The fourth-order valence-electron chi connectivity index (χ4n) is 4.31. The number of likely N-dealkylation sites (tertiary alicyclic amines) is 1. The van der Waals surface area contributed by atoms with E-state index in [4.69, 9.17) is 15.1 Å². The number of halogens is 1. The van der Waals surface area contributed by atoms with E-state index in [1.807, 2.05) is 12.1 Å². The molecule has 6 nitrogen and oxygen atoms in total. The number of carbonyl (C=O) groups is 1. The summed E-state index contributed by atoms with van der Waals surface area (Å²) in [7, 11) is 0. The molecule has 2 aliphatic rings. The number of carbonyl (C=O) groups excluding carboxylic acids is 1. The molecule has 7 heteroatoms. The molecule has 158 valence electrons. The Morgan fingerprint density at radius 2 is 2.00 bits per heavy atom. The van der Waals surface area contributed by atoms with Crippen LogP contribution in [-0.4, -0.2) is 42.9 Å². The number of hydrogen-bond donors (Lipinski definition) is 2. The van der Waals surface area contributed by atoms with E-state index >= 15 is 0 Å². The van der Waals surface area contributed by atoms with E-state index in [1.54, 1.807) is 6.26 Å². The monoisotopic (exact) mass is 502 g/mol.